The van der Waals surface area contributed by atoms with Crippen LogP contribution in [-0.2, 0) is 16.5 Å². The SMILES string of the molecule is CN(Cn1[nH]c(-c2ccc(Cl)cc2)nc1=S)C1CCS(=O)(=O)C1. The van der Waals surface area contributed by atoms with Gasteiger partial charge >= 0.3 is 0 Å². The molecule has 1 unspecified atom stereocenters. The summed E-state index contributed by atoms with van der Waals surface area (Å²) in [5.41, 5.74) is 0.894. The predicted octanol–water partition coefficient (Wildman–Crippen LogP) is 2.34. The molecule has 1 N–H and O–H groups in total. The second-order valence-corrected chi connectivity index (χ2v) is 8.78. The van der Waals surface area contributed by atoms with Crippen molar-refractivity contribution in [3.05, 3.63) is 34.1 Å². The number of nitrogens with zero attached hydrogens (tertiary/aromatic N) is 3. The third kappa shape index (κ3) is 3.82. The Morgan fingerprint density at radius 2 is 2.13 bits per heavy atom. The topological polar surface area (TPSA) is 71.0 Å². The maximum absolute atomic E-state index is 11.6. The molecular formula is C14H17ClN4O2S2. The third-order valence-electron chi connectivity index (χ3n) is 3.99. The van der Waals surface area contributed by atoms with E-state index in [-0.39, 0.29) is 17.5 Å². The van der Waals surface area contributed by atoms with Crippen molar-refractivity contribution in [1.82, 2.24) is 19.7 Å². The average Bonchev–Trinajstić information content (AvgIpc) is 3.03. The van der Waals surface area contributed by atoms with Crippen LogP contribution in [0, 0.1) is 4.77 Å². The zero-order chi connectivity index (χ0) is 16.6. The molecule has 1 aromatic carbocycles. The smallest absolute Gasteiger partial charge is 0.217 e. The lowest BCUT2D eigenvalue weighted by Gasteiger charge is -2.22. The summed E-state index contributed by atoms with van der Waals surface area (Å²) >= 11 is 11.2. The van der Waals surface area contributed by atoms with Gasteiger partial charge in [0.05, 0.1) is 18.2 Å². The summed E-state index contributed by atoms with van der Waals surface area (Å²) in [6.07, 6.45) is 0.657. The van der Waals surface area contributed by atoms with Crippen molar-refractivity contribution in [2.75, 3.05) is 18.6 Å². The van der Waals surface area contributed by atoms with E-state index in [1.807, 2.05) is 24.1 Å². The van der Waals surface area contributed by atoms with Gasteiger partial charge in [-0.25, -0.2) is 13.1 Å². The Kier molecular flexibility index (Phi) is 4.59. The molecule has 1 aliphatic rings. The van der Waals surface area contributed by atoms with Gasteiger partial charge in [-0.2, -0.15) is 4.98 Å². The minimum absolute atomic E-state index is 0.0178. The molecule has 9 heteroatoms. The number of halogens is 1. The lowest BCUT2D eigenvalue weighted by atomic mass is 10.2. The van der Waals surface area contributed by atoms with Crippen LogP contribution in [0.2, 0.25) is 5.02 Å². The maximum atomic E-state index is 11.6. The summed E-state index contributed by atoms with van der Waals surface area (Å²) in [5, 5.41) is 3.82. The minimum atomic E-state index is -2.90. The van der Waals surface area contributed by atoms with Crippen LogP contribution in [0.3, 0.4) is 0 Å². The maximum Gasteiger partial charge on any atom is 0.217 e. The number of sulfone groups is 1. The molecule has 1 aromatic heterocycles. The lowest BCUT2D eigenvalue weighted by molar-refractivity contribution is 0.197. The van der Waals surface area contributed by atoms with Gasteiger partial charge in [-0.05, 0) is 50.0 Å². The number of benzene rings is 1. The van der Waals surface area contributed by atoms with Crippen molar-refractivity contribution in [2.24, 2.45) is 0 Å². The number of aromatic nitrogens is 3. The Bertz CT molecular complexity index is 858. The van der Waals surface area contributed by atoms with E-state index >= 15 is 0 Å². The van der Waals surface area contributed by atoms with Gasteiger partial charge in [0.2, 0.25) is 4.77 Å². The predicted molar refractivity (Wildman–Crippen MR) is 92.7 cm³/mol. The highest BCUT2D eigenvalue weighted by molar-refractivity contribution is 7.91. The van der Waals surface area contributed by atoms with E-state index in [0.29, 0.717) is 28.7 Å². The van der Waals surface area contributed by atoms with E-state index < -0.39 is 9.84 Å². The van der Waals surface area contributed by atoms with E-state index in [2.05, 4.69) is 10.1 Å². The van der Waals surface area contributed by atoms with Crippen LogP contribution in [-0.4, -0.2) is 52.7 Å². The molecule has 0 aliphatic carbocycles. The van der Waals surface area contributed by atoms with Crippen molar-refractivity contribution in [3.8, 4) is 11.4 Å². The fourth-order valence-corrected chi connectivity index (χ4v) is 4.78. The van der Waals surface area contributed by atoms with Crippen LogP contribution in [0.4, 0.5) is 0 Å². The van der Waals surface area contributed by atoms with Gasteiger partial charge in [0.15, 0.2) is 15.7 Å². The molecule has 124 valence electrons. The molecular weight excluding hydrogens is 356 g/mol. The van der Waals surface area contributed by atoms with Gasteiger partial charge in [0.25, 0.3) is 0 Å². The van der Waals surface area contributed by atoms with Gasteiger partial charge in [0, 0.05) is 16.6 Å². The average molecular weight is 373 g/mol. The number of aromatic amines is 1. The summed E-state index contributed by atoms with van der Waals surface area (Å²) in [7, 11) is -1.00. The van der Waals surface area contributed by atoms with Crippen molar-refractivity contribution >= 4 is 33.7 Å². The monoisotopic (exact) mass is 372 g/mol. The van der Waals surface area contributed by atoms with Gasteiger partial charge in [-0.1, -0.05) is 11.6 Å². The van der Waals surface area contributed by atoms with E-state index in [1.165, 1.54) is 0 Å². The Labute approximate surface area is 145 Å². The van der Waals surface area contributed by atoms with Crippen LogP contribution in [0.5, 0.6) is 0 Å². The van der Waals surface area contributed by atoms with Gasteiger partial charge in [0.1, 0.15) is 0 Å². The molecule has 0 amide bonds. The molecule has 1 atom stereocenters. The summed E-state index contributed by atoms with van der Waals surface area (Å²) in [5.74, 6) is 1.13. The van der Waals surface area contributed by atoms with Crippen LogP contribution in [0.1, 0.15) is 6.42 Å². The Balaban J connectivity index is 1.76. The fourth-order valence-electron chi connectivity index (χ4n) is 2.65. The van der Waals surface area contributed by atoms with Crippen LogP contribution in [0.25, 0.3) is 11.4 Å². The molecule has 6 nitrogen and oxygen atoms in total. The van der Waals surface area contributed by atoms with Crippen LogP contribution < -0.4 is 0 Å². The fraction of sp³-hybridized carbons (Fsp3) is 0.429. The zero-order valence-corrected chi connectivity index (χ0v) is 15.0. The Morgan fingerprint density at radius 1 is 1.43 bits per heavy atom. The first-order chi connectivity index (χ1) is 10.8. The van der Waals surface area contributed by atoms with E-state index in [0.717, 1.165) is 5.56 Å². The van der Waals surface area contributed by atoms with E-state index in [9.17, 15) is 8.42 Å². The van der Waals surface area contributed by atoms with Crippen LogP contribution in [0.15, 0.2) is 24.3 Å². The van der Waals surface area contributed by atoms with Gasteiger partial charge < -0.3 is 0 Å². The van der Waals surface area contributed by atoms with Gasteiger partial charge in [-0.3, -0.25) is 10.00 Å². The number of nitrogens with one attached hydrogen (secondary N) is 1. The molecule has 0 bridgehead atoms. The molecule has 0 radical (unpaired) electrons. The number of hydrogen-bond acceptors (Lipinski definition) is 5. The number of rotatable bonds is 4. The summed E-state index contributed by atoms with van der Waals surface area (Å²) in [6.45, 7) is 0.472. The standard InChI is InChI=1S/C14H17ClN4O2S2/c1-18(12-6-7-23(20,21)8-12)9-19-14(22)16-13(17-19)10-2-4-11(15)5-3-10/h2-5,12H,6-9H2,1H3,(H,16,17,22). The molecule has 0 saturated carbocycles. The highest BCUT2D eigenvalue weighted by Crippen LogP contribution is 2.19. The van der Waals surface area contributed by atoms with Crippen molar-refractivity contribution in [3.63, 3.8) is 0 Å². The highest BCUT2D eigenvalue weighted by Gasteiger charge is 2.30. The van der Waals surface area contributed by atoms with Crippen molar-refractivity contribution in [2.45, 2.75) is 19.1 Å². The lowest BCUT2D eigenvalue weighted by Crippen LogP contribution is -2.34. The molecule has 23 heavy (non-hydrogen) atoms. The normalized spacial score (nSPS) is 20.2. The molecule has 1 aliphatic heterocycles. The summed E-state index contributed by atoms with van der Waals surface area (Å²) in [6, 6.07) is 7.34. The molecule has 1 fully saturated rings. The van der Waals surface area contributed by atoms with Gasteiger partial charge in [-0.15, -0.1) is 0 Å². The number of H-pyrrole nitrogens is 1. The first-order valence-corrected chi connectivity index (χ1v) is 9.78. The molecule has 3 rings (SSSR count). The van der Waals surface area contributed by atoms with E-state index in [4.69, 9.17) is 23.8 Å². The van der Waals surface area contributed by atoms with E-state index in [1.54, 1.807) is 16.8 Å². The zero-order valence-electron chi connectivity index (χ0n) is 12.6. The largest absolute Gasteiger partial charge is 0.283 e. The number of hydrogen-bond donors (Lipinski definition) is 1. The Hall–Kier alpha value is -1.22. The Morgan fingerprint density at radius 3 is 2.74 bits per heavy atom. The second-order valence-electron chi connectivity index (χ2n) is 5.74. The van der Waals surface area contributed by atoms with Crippen molar-refractivity contribution < 1.29 is 8.42 Å². The quantitative estimate of drug-likeness (QED) is 0.834. The first kappa shape index (κ1) is 16.6. The minimum Gasteiger partial charge on any atom is -0.283 e. The molecule has 0 spiro atoms. The first-order valence-electron chi connectivity index (χ1n) is 7.17. The molecule has 1 saturated heterocycles. The summed E-state index contributed by atoms with van der Waals surface area (Å²) < 4.78 is 25.4. The van der Waals surface area contributed by atoms with Crippen LogP contribution >= 0.6 is 23.8 Å². The molecule has 2 aromatic rings. The summed E-state index contributed by atoms with van der Waals surface area (Å²) in [4.78, 5) is 6.34. The highest BCUT2D eigenvalue weighted by atomic mass is 35.5. The van der Waals surface area contributed by atoms with Crippen molar-refractivity contribution in [1.29, 1.82) is 0 Å². The third-order valence-corrected chi connectivity index (χ3v) is 6.31. The second kappa shape index (κ2) is 6.35. The molecule has 2 heterocycles.